The second-order valence-corrected chi connectivity index (χ2v) is 9.78. The molecule has 1 N–H and O–H groups in total. The lowest BCUT2D eigenvalue weighted by Crippen LogP contribution is -2.49. The van der Waals surface area contributed by atoms with E-state index in [-0.39, 0.29) is 5.91 Å². The number of anilines is 1. The standard InChI is InChI=1S/C21H20N6OS3/c28-17(26-8-10-27(11-9-26)20-22-6-3-7-23-20)14-31-21-24-18(15-4-1-12-29-15)19(25-21)16-5-2-13-30-16/h1-7,12-13H,8-11,14H2,(H,24,25). The van der Waals surface area contributed by atoms with Crippen molar-refractivity contribution in [2.24, 2.45) is 0 Å². The van der Waals surface area contributed by atoms with E-state index in [2.05, 4.69) is 42.7 Å². The van der Waals surface area contributed by atoms with Crippen molar-refractivity contribution < 1.29 is 4.79 Å². The van der Waals surface area contributed by atoms with Gasteiger partial charge in [0.05, 0.1) is 21.2 Å². The summed E-state index contributed by atoms with van der Waals surface area (Å²) in [4.78, 5) is 35.9. The van der Waals surface area contributed by atoms with Crippen LogP contribution in [0.2, 0.25) is 0 Å². The van der Waals surface area contributed by atoms with E-state index in [9.17, 15) is 4.79 Å². The third-order valence-electron chi connectivity index (χ3n) is 5.00. The van der Waals surface area contributed by atoms with Crippen LogP contribution < -0.4 is 4.90 Å². The summed E-state index contributed by atoms with van der Waals surface area (Å²) in [5, 5.41) is 4.89. The molecule has 0 bridgehead atoms. The van der Waals surface area contributed by atoms with Crippen molar-refractivity contribution in [1.82, 2.24) is 24.8 Å². The van der Waals surface area contributed by atoms with Gasteiger partial charge in [0.15, 0.2) is 5.16 Å². The number of thiophene rings is 2. The van der Waals surface area contributed by atoms with E-state index in [1.165, 1.54) is 11.8 Å². The summed E-state index contributed by atoms with van der Waals surface area (Å²) in [6.07, 6.45) is 3.49. The monoisotopic (exact) mass is 468 g/mol. The Morgan fingerprint density at radius 3 is 2.39 bits per heavy atom. The molecule has 4 aromatic rings. The van der Waals surface area contributed by atoms with Crippen molar-refractivity contribution in [3.63, 3.8) is 0 Å². The number of carbonyl (C=O) groups is 1. The molecular weight excluding hydrogens is 448 g/mol. The molecule has 0 radical (unpaired) electrons. The zero-order valence-electron chi connectivity index (χ0n) is 16.6. The number of hydrogen-bond acceptors (Lipinski definition) is 8. The van der Waals surface area contributed by atoms with Crippen LogP contribution in [0.15, 0.2) is 58.6 Å². The second kappa shape index (κ2) is 9.21. The zero-order chi connectivity index (χ0) is 21.0. The van der Waals surface area contributed by atoms with Gasteiger partial charge >= 0.3 is 0 Å². The molecule has 158 valence electrons. The van der Waals surface area contributed by atoms with Crippen LogP contribution in [0, 0.1) is 0 Å². The van der Waals surface area contributed by atoms with Crippen LogP contribution in [-0.2, 0) is 4.79 Å². The molecule has 0 saturated carbocycles. The minimum absolute atomic E-state index is 0.130. The van der Waals surface area contributed by atoms with Gasteiger partial charge in [0.1, 0.15) is 5.69 Å². The first-order valence-electron chi connectivity index (χ1n) is 9.88. The second-order valence-electron chi connectivity index (χ2n) is 6.93. The number of hydrogen-bond donors (Lipinski definition) is 1. The summed E-state index contributed by atoms with van der Waals surface area (Å²) in [6, 6.07) is 10.0. The molecule has 1 aliphatic rings. The fourth-order valence-electron chi connectivity index (χ4n) is 3.44. The molecule has 0 aromatic carbocycles. The van der Waals surface area contributed by atoms with Crippen molar-refractivity contribution in [2.75, 3.05) is 36.8 Å². The average Bonchev–Trinajstić information content (AvgIpc) is 3.59. The molecule has 0 spiro atoms. The molecule has 0 unspecified atom stereocenters. The van der Waals surface area contributed by atoms with Crippen LogP contribution in [-0.4, -0.2) is 62.7 Å². The number of rotatable bonds is 6. The lowest BCUT2D eigenvalue weighted by Gasteiger charge is -2.34. The molecule has 1 saturated heterocycles. The smallest absolute Gasteiger partial charge is 0.233 e. The van der Waals surface area contributed by atoms with Gasteiger partial charge in [0, 0.05) is 38.6 Å². The highest BCUT2D eigenvalue weighted by molar-refractivity contribution is 7.99. The molecule has 0 atom stereocenters. The predicted octanol–water partition coefficient (Wildman–Crippen LogP) is 4.10. The number of carbonyl (C=O) groups excluding carboxylic acids is 1. The van der Waals surface area contributed by atoms with E-state index >= 15 is 0 Å². The number of aromatic nitrogens is 4. The lowest BCUT2D eigenvalue weighted by molar-refractivity contribution is -0.128. The largest absolute Gasteiger partial charge is 0.338 e. The number of amides is 1. The normalized spacial score (nSPS) is 14.2. The number of piperazine rings is 1. The Hall–Kier alpha value is -2.69. The summed E-state index contributed by atoms with van der Waals surface area (Å²) in [5.41, 5.74) is 1.97. The summed E-state index contributed by atoms with van der Waals surface area (Å²) in [5.74, 6) is 1.22. The van der Waals surface area contributed by atoms with Gasteiger partial charge in [-0.25, -0.2) is 15.0 Å². The number of aromatic amines is 1. The maximum Gasteiger partial charge on any atom is 0.233 e. The lowest BCUT2D eigenvalue weighted by atomic mass is 10.2. The van der Waals surface area contributed by atoms with Gasteiger partial charge < -0.3 is 14.8 Å². The highest BCUT2D eigenvalue weighted by atomic mass is 32.2. The molecule has 7 nitrogen and oxygen atoms in total. The molecular formula is C21H20N6OS3. The minimum atomic E-state index is 0.130. The predicted molar refractivity (Wildman–Crippen MR) is 127 cm³/mol. The Morgan fingerprint density at radius 2 is 1.71 bits per heavy atom. The Kier molecular flexibility index (Phi) is 6.01. The maximum absolute atomic E-state index is 12.8. The molecule has 10 heteroatoms. The van der Waals surface area contributed by atoms with Crippen molar-refractivity contribution in [1.29, 1.82) is 0 Å². The topological polar surface area (TPSA) is 78.0 Å². The molecule has 4 aromatic heterocycles. The van der Waals surface area contributed by atoms with Crippen molar-refractivity contribution in [2.45, 2.75) is 5.16 Å². The van der Waals surface area contributed by atoms with Gasteiger partial charge in [-0.15, -0.1) is 22.7 Å². The van der Waals surface area contributed by atoms with E-state index in [0.29, 0.717) is 18.8 Å². The Balaban J connectivity index is 1.22. The number of thioether (sulfide) groups is 1. The fraction of sp³-hybridized carbons (Fsp3) is 0.238. The highest BCUT2D eigenvalue weighted by Gasteiger charge is 2.23. The summed E-state index contributed by atoms with van der Waals surface area (Å²) in [6.45, 7) is 2.84. The van der Waals surface area contributed by atoms with Gasteiger partial charge in [-0.1, -0.05) is 23.9 Å². The third kappa shape index (κ3) is 4.51. The molecule has 0 aliphatic carbocycles. The summed E-state index contributed by atoms with van der Waals surface area (Å²) in [7, 11) is 0. The summed E-state index contributed by atoms with van der Waals surface area (Å²) < 4.78 is 0. The Bertz CT molecular complexity index is 1070. The first kappa shape index (κ1) is 20.2. The number of H-pyrrole nitrogens is 1. The van der Waals surface area contributed by atoms with E-state index in [0.717, 1.165) is 45.3 Å². The highest BCUT2D eigenvalue weighted by Crippen LogP contribution is 2.36. The van der Waals surface area contributed by atoms with Gasteiger partial charge in [-0.2, -0.15) is 0 Å². The Labute approximate surface area is 192 Å². The number of nitrogens with one attached hydrogen (secondary N) is 1. The first-order chi connectivity index (χ1) is 15.3. The van der Waals surface area contributed by atoms with Crippen LogP contribution in [0.1, 0.15) is 0 Å². The van der Waals surface area contributed by atoms with Crippen LogP contribution in [0.3, 0.4) is 0 Å². The van der Waals surface area contributed by atoms with Crippen LogP contribution in [0.5, 0.6) is 0 Å². The molecule has 1 fully saturated rings. The molecule has 31 heavy (non-hydrogen) atoms. The van der Waals surface area contributed by atoms with E-state index in [4.69, 9.17) is 4.98 Å². The zero-order valence-corrected chi connectivity index (χ0v) is 19.1. The first-order valence-corrected chi connectivity index (χ1v) is 12.6. The van der Waals surface area contributed by atoms with E-state index < -0.39 is 0 Å². The molecule has 1 amide bonds. The van der Waals surface area contributed by atoms with E-state index in [1.807, 2.05) is 23.1 Å². The van der Waals surface area contributed by atoms with Crippen LogP contribution in [0.25, 0.3) is 21.1 Å². The number of imidazole rings is 1. The fourth-order valence-corrected chi connectivity index (χ4v) is 5.66. The van der Waals surface area contributed by atoms with Crippen LogP contribution >= 0.6 is 34.4 Å². The van der Waals surface area contributed by atoms with Crippen LogP contribution in [0.4, 0.5) is 5.95 Å². The molecule has 1 aliphatic heterocycles. The number of nitrogens with zero attached hydrogens (tertiary/aromatic N) is 5. The van der Waals surface area contributed by atoms with Gasteiger partial charge in [0.25, 0.3) is 0 Å². The Morgan fingerprint density at radius 1 is 1.00 bits per heavy atom. The summed E-state index contributed by atoms with van der Waals surface area (Å²) >= 11 is 4.81. The van der Waals surface area contributed by atoms with E-state index in [1.54, 1.807) is 35.1 Å². The maximum atomic E-state index is 12.8. The molecule has 5 heterocycles. The average molecular weight is 469 g/mol. The van der Waals surface area contributed by atoms with Crippen molar-refractivity contribution in [3.8, 4) is 21.1 Å². The quantitative estimate of drug-likeness (QED) is 0.429. The van der Waals surface area contributed by atoms with Gasteiger partial charge in [-0.3, -0.25) is 4.79 Å². The third-order valence-corrected chi connectivity index (χ3v) is 7.63. The minimum Gasteiger partial charge on any atom is -0.338 e. The van der Waals surface area contributed by atoms with Gasteiger partial charge in [0.2, 0.25) is 11.9 Å². The van der Waals surface area contributed by atoms with Crippen molar-refractivity contribution in [3.05, 3.63) is 53.5 Å². The SMILES string of the molecule is O=C(CSc1nc(-c2cccs2)c(-c2cccs2)[nH]1)N1CCN(c2ncccn2)CC1. The van der Waals surface area contributed by atoms with Crippen molar-refractivity contribution >= 4 is 46.3 Å². The molecule has 5 rings (SSSR count). The van der Waals surface area contributed by atoms with Gasteiger partial charge in [-0.05, 0) is 29.0 Å².